The highest BCUT2D eigenvalue weighted by Gasteiger charge is 2.58. The summed E-state index contributed by atoms with van der Waals surface area (Å²) in [6.07, 6.45) is 0.0498. The van der Waals surface area contributed by atoms with E-state index in [-0.39, 0.29) is 18.5 Å². The van der Waals surface area contributed by atoms with E-state index in [0.717, 1.165) is 19.3 Å². The lowest BCUT2D eigenvalue weighted by molar-refractivity contribution is -0.253. The van der Waals surface area contributed by atoms with Gasteiger partial charge in [-0.2, -0.15) is 13.2 Å². The van der Waals surface area contributed by atoms with Crippen molar-refractivity contribution in [3.63, 3.8) is 0 Å². The molecule has 2 heterocycles. The largest absolute Gasteiger partial charge is 0.419 e. The minimum atomic E-state index is -4.68. The molecule has 21 heavy (non-hydrogen) atoms. The fraction of sp³-hybridized carbons (Fsp3) is 0.929. The van der Waals surface area contributed by atoms with Gasteiger partial charge in [0.05, 0.1) is 12.6 Å². The first kappa shape index (κ1) is 15.1. The fourth-order valence-electron chi connectivity index (χ4n) is 3.94. The average molecular weight is 306 g/mol. The molecule has 0 unspecified atom stereocenters. The van der Waals surface area contributed by atoms with Crippen LogP contribution in [0.3, 0.4) is 0 Å². The molecule has 7 heteroatoms. The first-order chi connectivity index (χ1) is 9.80. The van der Waals surface area contributed by atoms with Gasteiger partial charge in [-0.05, 0) is 25.2 Å². The highest BCUT2D eigenvalue weighted by atomic mass is 19.4. The number of alkyl halides is 3. The van der Waals surface area contributed by atoms with E-state index in [1.54, 1.807) is 0 Å². The molecule has 1 saturated carbocycles. The van der Waals surface area contributed by atoms with Crippen LogP contribution in [0.1, 0.15) is 38.5 Å². The number of rotatable bonds is 1. The normalized spacial score (nSPS) is 40.4. The van der Waals surface area contributed by atoms with Gasteiger partial charge in [0.1, 0.15) is 0 Å². The van der Waals surface area contributed by atoms with Crippen LogP contribution in [-0.2, 0) is 4.79 Å². The van der Waals surface area contributed by atoms with Gasteiger partial charge in [-0.25, -0.2) is 0 Å². The predicted molar refractivity (Wildman–Crippen MR) is 69.5 cm³/mol. The summed E-state index contributed by atoms with van der Waals surface area (Å²) in [5.41, 5.74) is -2.74. The van der Waals surface area contributed by atoms with Gasteiger partial charge in [0, 0.05) is 19.0 Å². The van der Waals surface area contributed by atoms with Crippen LogP contribution in [0.15, 0.2) is 0 Å². The van der Waals surface area contributed by atoms with Crippen molar-refractivity contribution in [2.24, 2.45) is 5.92 Å². The Morgan fingerprint density at radius 3 is 2.62 bits per heavy atom. The van der Waals surface area contributed by atoms with Gasteiger partial charge < -0.3 is 15.3 Å². The maximum atomic E-state index is 12.8. The summed E-state index contributed by atoms with van der Waals surface area (Å²) in [7, 11) is 0. The van der Waals surface area contributed by atoms with Crippen molar-refractivity contribution < 1.29 is 23.1 Å². The molecule has 0 spiro atoms. The summed E-state index contributed by atoms with van der Waals surface area (Å²) < 4.78 is 38.4. The third-order valence-corrected chi connectivity index (χ3v) is 5.25. The Balaban J connectivity index is 1.62. The number of aliphatic hydroxyl groups is 1. The number of carbonyl (C=O) groups excluding carboxylic acids is 1. The summed E-state index contributed by atoms with van der Waals surface area (Å²) in [6, 6.07) is -0.0505. The van der Waals surface area contributed by atoms with Crippen LogP contribution in [0.25, 0.3) is 0 Å². The molecule has 2 N–H and O–H groups in total. The third kappa shape index (κ3) is 2.65. The van der Waals surface area contributed by atoms with Crippen molar-refractivity contribution in [3.8, 4) is 0 Å². The molecule has 3 aliphatic rings. The Hall–Kier alpha value is -0.820. The molecule has 0 bridgehead atoms. The van der Waals surface area contributed by atoms with Crippen LogP contribution in [0.5, 0.6) is 0 Å². The van der Waals surface area contributed by atoms with Gasteiger partial charge in [-0.3, -0.25) is 4.79 Å². The highest BCUT2D eigenvalue weighted by Crippen LogP contribution is 2.39. The fourth-order valence-corrected chi connectivity index (χ4v) is 3.94. The Labute approximate surface area is 121 Å². The first-order valence-corrected chi connectivity index (χ1v) is 7.64. The molecule has 1 amide bonds. The topological polar surface area (TPSA) is 52.6 Å². The van der Waals surface area contributed by atoms with Crippen molar-refractivity contribution in [2.75, 3.05) is 13.1 Å². The molecule has 1 aliphatic carbocycles. The molecule has 0 aromatic carbocycles. The predicted octanol–water partition coefficient (Wildman–Crippen LogP) is 1.43. The number of carbonyl (C=O) groups is 1. The van der Waals surface area contributed by atoms with E-state index in [4.69, 9.17) is 0 Å². The molecule has 2 saturated heterocycles. The lowest BCUT2D eigenvalue weighted by Gasteiger charge is -2.27. The molecule has 0 radical (unpaired) electrons. The smallest absolute Gasteiger partial charge is 0.379 e. The van der Waals surface area contributed by atoms with Crippen molar-refractivity contribution in [1.82, 2.24) is 10.2 Å². The Morgan fingerprint density at radius 1 is 1.29 bits per heavy atom. The molecule has 4 nitrogen and oxygen atoms in total. The Morgan fingerprint density at radius 2 is 2.00 bits per heavy atom. The molecule has 4 atom stereocenters. The average Bonchev–Trinajstić information content (AvgIpc) is 3.01. The number of halogens is 3. The van der Waals surface area contributed by atoms with Crippen LogP contribution in [-0.4, -0.2) is 52.9 Å². The van der Waals surface area contributed by atoms with Crippen LogP contribution in [0.2, 0.25) is 0 Å². The highest BCUT2D eigenvalue weighted by molar-refractivity contribution is 5.82. The summed E-state index contributed by atoms with van der Waals surface area (Å²) >= 11 is 0. The minimum Gasteiger partial charge on any atom is -0.379 e. The van der Waals surface area contributed by atoms with Crippen molar-refractivity contribution in [1.29, 1.82) is 0 Å². The second-order valence-electron chi connectivity index (χ2n) is 6.65. The molecule has 0 aromatic heterocycles. The molecule has 120 valence electrons. The van der Waals surface area contributed by atoms with E-state index in [1.807, 2.05) is 0 Å². The van der Waals surface area contributed by atoms with Gasteiger partial charge in [-0.1, -0.05) is 12.8 Å². The Bertz CT molecular complexity index is 415. The van der Waals surface area contributed by atoms with E-state index in [1.165, 1.54) is 11.3 Å². The number of amides is 1. The minimum absolute atomic E-state index is 0.0254. The van der Waals surface area contributed by atoms with Gasteiger partial charge >= 0.3 is 6.18 Å². The van der Waals surface area contributed by atoms with Gasteiger partial charge in [0.2, 0.25) is 5.91 Å². The van der Waals surface area contributed by atoms with E-state index in [0.29, 0.717) is 18.4 Å². The number of fused-ring (bicyclic) bond motifs is 1. The van der Waals surface area contributed by atoms with Crippen molar-refractivity contribution in [2.45, 2.75) is 62.4 Å². The quantitative estimate of drug-likeness (QED) is 0.770. The zero-order chi connectivity index (χ0) is 15.3. The molecular weight excluding hydrogens is 285 g/mol. The summed E-state index contributed by atoms with van der Waals surface area (Å²) in [6.45, 7) is -0.662. The third-order valence-electron chi connectivity index (χ3n) is 5.25. The summed E-state index contributed by atoms with van der Waals surface area (Å²) in [4.78, 5) is 13.6. The molecule has 0 aromatic rings. The number of β-amino-alcohol motifs (C(OH)–C–C–N with tert-alkyl or cyclic N) is 1. The second-order valence-corrected chi connectivity index (χ2v) is 6.65. The Kier molecular flexibility index (Phi) is 3.68. The molecule has 3 rings (SSSR count). The standard InChI is InChI=1S/C14H21F3N2O2/c15-14(16,17)13(21)5-6-19(8-13)12(20)11-7-9-3-1-2-4-10(9)18-11/h9-11,18,21H,1-8H2/t9-,10-,11-,13-/m0/s1. The number of nitrogens with one attached hydrogen (secondary N) is 1. The number of likely N-dealkylation sites (tertiary alicyclic amines) is 1. The van der Waals surface area contributed by atoms with Crippen molar-refractivity contribution >= 4 is 5.91 Å². The van der Waals surface area contributed by atoms with E-state index < -0.39 is 24.7 Å². The van der Waals surface area contributed by atoms with Gasteiger partial charge in [-0.15, -0.1) is 0 Å². The zero-order valence-corrected chi connectivity index (χ0v) is 11.8. The number of hydrogen-bond acceptors (Lipinski definition) is 3. The maximum Gasteiger partial charge on any atom is 0.419 e. The lowest BCUT2D eigenvalue weighted by Crippen LogP contribution is -2.50. The van der Waals surface area contributed by atoms with Crippen LogP contribution in [0.4, 0.5) is 13.2 Å². The summed E-state index contributed by atoms with van der Waals surface area (Å²) in [5, 5.41) is 12.9. The maximum absolute atomic E-state index is 12.8. The van der Waals surface area contributed by atoms with Gasteiger partial charge in [0.25, 0.3) is 0 Å². The molecule has 3 fully saturated rings. The first-order valence-electron chi connectivity index (χ1n) is 7.64. The van der Waals surface area contributed by atoms with E-state index >= 15 is 0 Å². The van der Waals surface area contributed by atoms with Crippen LogP contribution in [0, 0.1) is 5.92 Å². The molecule has 2 aliphatic heterocycles. The lowest BCUT2D eigenvalue weighted by atomic mass is 9.85. The van der Waals surface area contributed by atoms with Gasteiger partial charge in [0.15, 0.2) is 5.60 Å². The van der Waals surface area contributed by atoms with E-state index in [2.05, 4.69) is 5.32 Å². The SMILES string of the molecule is O=C([C@@H]1C[C@@H]2CCCC[C@@H]2N1)N1CC[C@@](O)(C(F)(F)F)C1. The van der Waals surface area contributed by atoms with Crippen molar-refractivity contribution in [3.05, 3.63) is 0 Å². The van der Waals surface area contributed by atoms with Crippen LogP contribution < -0.4 is 5.32 Å². The number of nitrogens with zero attached hydrogens (tertiary/aromatic N) is 1. The molecular formula is C14H21F3N2O2. The summed E-state index contributed by atoms with van der Waals surface area (Å²) in [5.74, 6) is 0.182. The zero-order valence-electron chi connectivity index (χ0n) is 11.8. The second kappa shape index (κ2) is 5.12. The monoisotopic (exact) mass is 306 g/mol. The van der Waals surface area contributed by atoms with Crippen LogP contribution >= 0.6 is 0 Å². The number of hydrogen-bond donors (Lipinski definition) is 2. The van der Waals surface area contributed by atoms with E-state index in [9.17, 15) is 23.1 Å².